The number of benzene rings is 1. The molecule has 1 aromatic heterocycles. The number of nitriles is 1. The summed E-state index contributed by atoms with van der Waals surface area (Å²) in [6, 6.07) is 6.08. The van der Waals surface area contributed by atoms with Gasteiger partial charge in [0.1, 0.15) is 6.07 Å². The Labute approximate surface area is 185 Å². The fourth-order valence-corrected chi connectivity index (χ4v) is 4.17. The highest BCUT2D eigenvalue weighted by Crippen LogP contribution is 2.33. The predicted octanol–water partition coefficient (Wildman–Crippen LogP) is 7.96. The zero-order valence-electron chi connectivity index (χ0n) is 17.9. The van der Waals surface area contributed by atoms with Gasteiger partial charge >= 0.3 is 0 Å². The monoisotopic (exact) mass is 428 g/mol. The Morgan fingerprint density at radius 2 is 2.03 bits per heavy atom. The number of aromatic nitrogens is 1. The van der Waals surface area contributed by atoms with Crippen molar-refractivity contribution in [1.29, 1.82) is 5.26 Å². The Morgan fingerprint density at radius 1 is 1.31 bits per heavy atom. The summed E-state index contributed by atoms with van der Waals surface area (Å²) in [6.45, 7) is 13.2. The average molecular weight is 429 g/mol. The summed E-state index contributed by atoms with van der Waals surface area (Å²) in [5.41, 5.74) is 5.26. The number of fused-ring (bicyclic) bond motifs is 1. The number of hydrogen-bond acceptors (Lipinski definition) is 1. The van der Waals surface area contributed by atoms with Crippen molar-refractivity contribution in [2.45, 2.75) is 59.9 Å². The Hall–Kier alpha value is -1.95. The molecular weight excluding hydrogens is 399 g/mol. The maximum absolute atomic E-state index is 9.48. The second-order valence-corrected chi connectivity index (χ2v) is 8.24. The van der Waals surface area contributed by atoms with Crippen molar-refractivity contribution in [3.63, 3.8) is 0 Å². The topological polar surface area (TPSA) is 28.7 Å². The second-order valence-electron chi connectivity index (χ2n) is 7.39. The lowest BCUT2D eigenvalue weighted by Crippen LogP contribution is -2.07. The Balaban J connectivity index is 2.71. The van der Waals surface area contributed by atoms with Crippen LogP contribution in [-0.2, 0) is 19.4 Å². The highest BCUT2D eigenvalue weighted by Gasteiger charge is 2.18. The smallest absolute Gasteiger partial charge is 0.101 e. The van der Waals surface area contributed by atoms with Crippen LogP contribution in [0, 0.1) is 17.2 Å². The fourth-order valence-electron chi connectivity index (χ4n) is 3.67. The third-order valence-electron chi connectivity index (χ3n) is 5.42. The van der Waals surface area contributed by atoms with E-state index in [4.69, 9.17) is 23.2 Å². The van der Waals surface area contributed by atoms with Gasteiger partial charge in [-0.05, 0) is 54.5 Å². The van der Waals surface area contributed by atoms with E-state index in [-0.39, 0.29) is 0 Å². The van der Waals surface area contributed by atoms with Crippen molar-refractivity contribution in [3.8, 4) is 6.07 Å². The first kappa shape index (κ1) is 23.3. The maximum Gasteiger partial charge on any atom is 0.101 e. The lowest BCUT2D eigenvalue weighted by molar-refractivity contribution is 0.681. The SMILES string of the molecule is C=C/C=C(\C=C(\Cl)C(C)CC)Cn1c(CCC)c(CC)c2cc(Cl)c(C#N)cc21. The minimum Gasteiger partial charge on any atom is -0.340 e. The third kappa shape index (κ3) is 5.16. The van der Waals surface area contributed by atoms with Gasteiger partial charge in [-0.15, -0.1) is 0 Å². The normalized spacial score (nSPS) is 13.6. The maximum atomic E-state index is 9.48. The quantitative estimate of drug-likeness (QED) is 0.372. The summed E-state index contributed by atoms with van der Waals surface area (Å²) in [5, 5.41) is 12.0. The minimum atomic E-state index is 0.316. The van der Waals surface area contributed by atoms with Crippen molar-refractivity contribution < 1.29 is 0 Å². The molecule has 4 heteroatoms. The zero-order chi connectivity index (χ0) is 21.6. The number of nitrogens with zero attached hydrogens (tertiary/aromatic N) is 2. The van der Waals surface area contributed by atoms with Crippen LogP contribution in [0.5, 0.6) is 0 Å². The van der Waals surface area contributed by atoms with E-state index < -0.39 is 0 Å². The summed E-state index contributed by atoms with van der Waals surface area (Å²) in [5.74, 6) is 0.316. The molecule has 0 bridgehead atoms. The zero-order valence-corrected chi connectivity index (χ0v) is 19.4. The van der Waals surface area contributed by atoms with E-state index in [9.17, 15) is 5.26 Å². The summed E-state index contributed by atoms with van der Waals surface area (Å²) in [6.07, 6.45) is 9.81. The molecule has 0 aliphatic rings. The van der Waals surface area contributed by atoms with Crippen LogP contribution in [0.4, 0.5) is 0 Å². The van der Waals surface area contributed by atoms with Gasteiger partial charge in [0.15, 0.2) is 0 Å². The molecule has 0 aliphatic carbocycles. The van der Waals surface area contributed by atoms with Crippen LogP contribution in [0.3, 0.4) is 0 Å². The molecule has 0 radical (unpaired) electrons. The molecule has 0 amide bonds. The molecule has 154 valence electrons. The first-order chi connectivity index (χ1) is 13.9. The highest BCUT2D eigenvalue weighted by molar-refractivity contribution is 6.32. The standard InChI is InChI=1S/C25H30Cl2N2/c1-6-10-18(12-22(26)17(5)8-3)16-29-24(11-7-2)20(9-4)21-14-23(27)19(15-28)13-25(21)29/h6,10,12-14,17H,1,7-9,11,16H2,2-5H3/b18-10+,22-12+. The molecule has 2 rings (SSSR count). The van der Waals surface area contributed by atoms with E-state index in [2.05, 4.69) is 51.0 Å². The van der Waals surface area contributed by atoms with Crippen molar-refractivity contribution in [2.75, 3.05) is 0 Å². The number of rotatable bonds is 9. The van der Waals surface area contributed by atoms with Crippen LogP contribution < -0.4 is 0 Å². The summed E-state index contributed by atoms with van der Waals surface area (Å²) in [7, 11) is 0. The second kappa shape index (κ2) is 10.7. The van der Waals surface area contributed by atoms with Crippen LogP contribution in [0.1, 0.15) is 57.4 Å². The lowest BCUT2D eigenvalue weighted by atomic mass is 10.0. The highest BCUT2D eigenvalue weighted by atomic mass is 35.5. The molecule has 1 aromatic carbocycles. The molecule has 1 unspecified atom stereocenters. The number of hydrogen-bond donors (Lipinski definition) is 0. The molecule has 1 heterocycles. The van der Waals surface area contributed by atoms with Crippen molar-refractivity contribution >= 4 is 34.1 Å². The van der Waals surface area contributed by atoms with E-state index in [0.717, 1.165) is 47.2 Å². The Bertz CT molecular complexity index is 987. The minimum absolute atomic E-state index is 0.316. The van der Waals surface area contributed by atoms with E-state index in [1.165, 1.54) is 11.3 Å². The van der Waals surface area contributed by atoms with E-state index in [1.54, 1.807) is 6.08 Å². The number of allylic oxidation sites excluding steroid dienone is 5. The molecule has 0 fully saturated rings. The van der Waals surface area contributed by atoms with Gasteiger partial charge in [0.2, 0.25) is 0 Å². The predicted molar refractivity (Wildman–Crippen MR) is 127 cm³/mol. The van der Waals surface area contributed by atoms with E-state index >= 15 is 0 Å². The van der Waals surface area contributed by atoms with Gasteiger partial charge in [-0.1, -0.05) is 76.0 Å². The molecule has 0 spiro atoms. The lowest BCUT2D eigenvalue weighted by Gasteiger charge is -2.14. The van der Waals surface area contributed by atoms with Gasteiger partial charge in [-0.25, -0.2) is 0 Å². The van der Waals surface area contributed by atoms with Gasteiger partial charge in [0, 0.05) is 22.7 Å². The molecule has 0 aliphatic heterocycles. The molecule has 2 aromatic rings. The average Bonchev–Trinajstić information content (AvgIpc) is 2.98. The van der Waals surface area contributed by atoms with E-state index in [1.807, 2.05) is 18.2 Å². The van der Waals surface area contributed by atoms with Gasteiger partial charge in [-0.3, -0.25) is 0 Å². The van der Waals surface area contributed by atoms with Crippen molar-refractivity contribution in [2.24, 2.45) is 5.92 Å². The molecular formula is C25H30Cl2N2. The van der Waals surface area contributed by atoms with Crippen molar-refractivity contribution in [1.82, 2.24) is 4.57 Å². The van der Waals surface area contributed by atoms with Crippen LogP contribution in [0.2, 0.25) is 5.02 Å². The largest absolute Gasteiger partial charge is 0.340 e. The number of halogens is 2. The summed E-state index contributed by atoms with van der Waals surface area (Å²) in [4.78, 5) is 0. The summed E-state index contributed by atoms with van der Waals surface area (Å²) < 4.78 is 2.32. The van der Waals surface area contributed by atoms with Crippen LogP contribution in [0.15, 0.2) is 47.5 Å². The van der Waals surface area contributed by atoms with Crippen LogP contribution in [0.25, 0.3) is 10.9 Å². The Kier molecular flexibility index (Phi) is 8.62. The molecule has 1 atom stereocenters. The summed E-state index contributed by atoms with van der Waals surface area (Å²) >= 11 is 12.9. The molecule has 0 N–H and O–H groups in total. The van der Waals surface area contributed by atoms with Gasteiger partial charge in [0.05, 0.1) is 16.1 Å². The first-order valence-electron chi connectivity index (χ1n) is 10.3. The molecule has 29 heavy (non-hydrogen) atoms. The van der Waals surface area contributed by atoms with E-state index in [0.29, 0.717) is 23.0 Å². The van der Waals surface area contributed by atoms with Crippen LogP contribution >= 0.6 is 23.2 Å². The molecule has 2 nitrogen and oxygen atoms in total. The van der Waals surface area contributed by atoms with Crippen LogP contribution in [-0.4, -0.2) is 4.57 Å². The Morgan fingerprint density at radius 3 is 2.59 bits per heavy atom. The van der Waals surface area contributed by atoms with Gasteiger partial charge in [0.25, 0.3) is 0 Å². The third-order valence-corrected chi connectivity index (χ3v) is 6.21. The first-order valence-corrected chi connectivity index (χ1v) is 11.1. The van der Waals surface area contributed by atoms with Crippen molar-refractivity contribution in [3.05, 3.63) is 69.4 Å². The number of aryl methyl sites for hydroxylation is 1. The fraction of sp³-hybridized carbons (Fsp3) is 0.400. The van der Waals surface area contributed by atoms with Gasteiger partial charge < -0.3 is 4.57 Å². The molecule has 0 saturated heterocycles. The van der Waals surface area contributed by atoms with Gasteiger partial charge in [-0.2, -0.15) is 5.26 Å². The molecule has 0 saturated carbocycles.